The van der Waals surface area contributed by atoms with Crippen molar-refractivity contribution in [2.24, 2.45) is 0 Å². The van der Waals surface area contributed by atoms with Crippen LogP contribution in [-0.4, -0.2) is 18.7 Å². The van der Waals surface area contributed by atoms with Crippen LogP contribution in [0, 0.1) is 0 Å². The number of unbranched alkanes of at least 4 members (excludes halogenated alkanes) is 3. The van der Waals surface area contributed by atoms with Crippen LogP contribution in [0.2, 0.25) is 0 Å². The Kier molecular flexibility index (Phi) is 6.17. The second-order valence-electron chi connectivity index (χ2n) is 16.7. The van der Waals surface area contributed by atoms with Gasteiger partial charge in [0.15, 0.2) is 0 Å². The lowest BCUT2D eigenvalue weighted by Crippen LogP contribution is -2.01. The Balaban J connectivity index is 1.51. The number of aryl methyl sites for hydroxylation is 3. The molecule has 0 bridgehead atoms. The van der Waals surface area contributed by atoms with Gasteiger partial charge in [0.05, 0.1) is 44.1 Å². The van der Waals surface area contributed by atoms with E-state index in [4.69, 9.17) is 0 Å². The number of fused-ring (bicyclic) bond motifs is 12. The molecule has 13 aromatic rings. The van der Waals surface area contributed by atoms with E-state index in [1.807, 2.05) is 0 Å². The van der Waals surface area contributed by atoms with Gasteiger partial charge in [-0.3, -0.25) is 0 Å². The Hall–Kier alpha value is -6.00. The van der Waals surface area contributed by atoms with Gasteiger partial charge in [0.25, 0.3) is 0 Å². The maximum absolute atomic E-state index is 4.21. The third-order valence-corrected chi connectivity index (χ3v) is 13.8. The maximum atomic E-state index is 4.21. The minimum absolute atomic E-state index is 0.991. The number of nitrogens with zero attached hydrogens (tertiary/aromatic N) is 3. The number of hydrogen-bond acceptors (Lipinski definition) is 0. The number of aromatic amines is 1. The van der Waals surface area contributed by atoms with E-state index < -0.39 is 0 Å². The summed E-state index contributed by atoms with van der Waals surface area (Å²) in [4.78, 5) is 4.21. The topological polar surface area (TPSA) is 30.6 Å². The second-order valence-corrected chi connectivity index (χ2v) is 16.7. The van der Waals surface area contributed by atoms with Crippen LogP contribution in [0.15, 0.2) is 97.1 Å². The zero-order valence-corrected chi connectivity index (χ0v) is 32.4. The standard InChI is InChI=1S/C52H44N4/c1-4-7-26-54-47-31-20-12-10-18-29(31)45-37-38-40-42-44-43-41(39(37)47)49(54)33-22-14-16-24-35(33)51(43)56(28-9-6-3)52(44)36-25-17-15-23-34(36)50(42)55(27-8-5-2)48(40)32-21-13-11-19-30(32)46(38)53-45/h10-25,53H,4-9,26-28H2,1-3H3. The van der Waals surface area contributed by atoms with Gasteiger partial charge in [0, 0.05) is 106 Å². The molecule has 0 atom stereocenters. The summed E-state index contributed by atoms with van der Waals surface area (Å²) in [6.07, 6.45) is 6.86. The molecule has 0 unspecified atom stereocenters. The first kappa shape index (κ1) is 31.2. The molecule has 4 aromatic heterocycles. The summed E-state index contributed by atoms with van der Waals surface area (Å²) in [5.41, 5.74) is 11.0. The largest absolute Gasteiger partial charge is 0.353 e. The van der Waals surface area contributed by atoms with Crippen LogP contribution in [-0.2, 0) is 19.6 Å². The van der Waals surface area contributed by atoms with Crippen LogP contribution in [0.1, 0.15) is 59.3 Å². The van der Waals surface area contributed by atoms with Crippen molar-refractivity contribution in [3.05, 3.63) is 97.1 Å². The first-order valence-corrected chi connectivity index (χ1v) is 21.2. The molecule has 0 fully saturated rings. The average molecular weight is 725 g/mol. The van der Waals surface area contributed by atoms with Crippen LogP contribution in [0.5, 0.6) is 0 Å². The lowest BCUT2D eigenvalue weighted by atomic mass is 9.89. The highest BCUT2D eigenvalue weighted by Crippen LogP contribution is 2.57. The van der Waals surface area contributed by atoms with E-state index in [2.05, 4.69) is 137 Å². The second kappa shape index (κ2) is 11.1. The zero-order chi connectivity index (χ0) is 37.0. The Bertz CT molecular complexity index is 3470. The highest BCUT2D eigenvalue weighted by molar-refractivity contribution is 6.54. The summed E-state index contributed by atoms with van der Waals surface area (Å²) < 4.78 is 8.31. The van der Waals surface area contributed by atoms with Crippen LogP contribution in [0.3, 0.4) is 0 Å². The van der Waals surface area contributed by atoms with Crippen molar-refractivity contribution in [2.45, 2.75) is 78.9 Å². The summed E-state index contributed by atoms with van der Waals surface area (Å²) >= 11 is 0. The summed E-state index contributed by atoms with van der Waals surface area (Å²) in [7, 11) is 0. The summed E-state index contributed by atoms with van der Waals surface area (Å²) in [5, 5.41) is 22.3. The molecule has 4 heteroatoms. The molecule has 0 spiro atoms. The average Bonchev–Trinajstić information content (AvgIpc) is 3.98. The Labute approximate surface area is 323 Å². The molecule has 0 aliphatic carbocycles. The van der Waals surface area contributed by atoms with E-state index in [9.17, 15) is 0 Å². The van der Waals surface area contributed by atoms with Crippen molar-refractivity contribution in [2.75, 3.05) is 0 Å². The van der Waals surface area contributed by atoms with E-state index in [0.717, 1.165) is 58.2 Å². The van der Waals surface area contributed by atoms with Crippen molar-refractivity contribution in [3.8, 4) is 0 Å². The van der Waals surface area contributed by atoms with Crippen molar-refractivity contribution >= 4 is 130 Å². The van der Waals surface area contributed by atoms with Gasteiger partial charge >= 0.3 is 0 Å². The summed E-state index contributed by atoms with van der Waals surface area (Å²) in [5.74, 6) is 0. The number of aromatic nitrogens is 4. The Morgan fingerprint density at radius 3 is 0.821 bits per heavy atom. The van der Waals surface area contributed by atoms with Crippen molar-refractivity contribution in [1.29, 1.82) is 0 Å². The van der Waals surface area contributed by atoms with Gasteiger partial charge in [0.1, 0.15) is 0 Å². The van der Waals surface area contributed by atoms with Gasteiger partial charge in [-0.15, -0.1) is 0 Å². The SMILES string of the molecule is CCCCn1c2c3ccccc3c3[nH]c4c5ccccc5c5c6c4c3c2c2c3c4c6c(c6ccccc6c4n(CCCC)c3c3ccccc3c21)n5CCCC. The maximum Gasteiger partial charge on any atom is 0.0579 e. The van der Waals surface area contributed by atoms with E-state index >= 15 is 0 Å². The summed E-state index contributed by atoms with van der Waals surface area (Å²) in [6.45, 7) is 9.99. The van der Waals surface area contributed by atoms with Gasteiger partial charge in [-0.1, -0.05) is 137 Å². The minimum atomic E-state index is 0.991. The van der Waals surface area contributed by atoms with Crippen molar-refractivity contribution in [3.63, 3.8) is 0 Å². The molecule has 4 heterocycles. The smallest absolute Gasteiger partial charge is 0.0579 e. The minimum Gasteiger partial charge on any atom is -0.353 e. The predicted octanol–water partition coefficient (Wildman–Crippen LogP) is 15.0. The predicted molar refractivity (Wildman–Crippen MR) is 243 cm³/mol. The quantitative estimate of drug-likeness (QED) is 0.154. The number of nitrogens with one attached hydrogen (secondary N) is 1. The Morgan fingerprint density at radius 2 is 0.554 bits per heavy atom. The van der Waals surface area contributed by atoms with Crippen LogP contribution in [0.4, 0.5) is 0 Å². The zero-order valence-electron chi connectivity index (χ0n) is 32.4. The van der Waals surface area contributed by atoms with E-state index in [-0.39, 0.29) is 0 Å². The van der Waals surface area contributed by atoms with Crippen LogP contribution >= 0.6 is 0 Å². The highest BCUT2D eigenvalue weighted by atomic mass is 15.0. The normalized spacial score (nSPS) is 13.2. The molecule has 0 saturated heterocycles. The molecule has 1 N–H and O–H groups in total. The van der Waals surface area contributed by atoms with Gasteiger partial charge < -0.3 is 18.7 Å². The Morgan fingerprint density at radius 1 is 0.321 bits per heavy atom. The molecule has 0 aliphatic heterocycles. The number of H-pyrrole nitrogens is 1. The molecule has 0 saturated carbocycles. The molecule has 0 radical (unpaired) electrons. The molecular weight excluding hydrogens is 681 g/mol. The molecular formula is C52H44N4. The number of hydrogen-bond donors (Lipinski definition) is 1. The fraction of sp³-hybridized carbons (Fsp3) is 0.231. The molecule has 4 nitrogen and oxygen atoms in total. The van der Waals surface area contributed by atoms with Crippen LogP contribution in [0.25, 0.3) is 130 Å². The molecule has 9 aromatic carbocycles. The van der Waals surface area contributed by atoms with Gasteiger partial charge in [-0.2, -0.15) is 0 Å². The van der Waals surface area contributed by atoms with E-state index in [1.54, 1.807) is 0 Å². The molecule has 56 heavy (non-hydrogen) atoms. The van der Waals surface area contributed by atoms with Crippen molar-refractivity contribution in [1.82, 2.24) is 18.7 Å². The molecule has 272 valence electrons. The number of rotatable bonds is 9. The lowest BCUT2D eigenvalue weighted by Gasteiger charge is -2.14. The molecule has 13 rings (SSSR count). The third kappa shape index (κ3) is 3.50. The van der Waals surface area contributed by atoms with E-state index in [1.165, 1.54) is 130 Å². The highest BCUT2D eigenvalue weighted by Gasteiger charge is 2.33. The fourth-order valence-electron chi connectivity index (χ4n) is 11.6. The van der Waals surface area contributed by atoms with Gasteiger partial charge in [0.2, 0.25) is 0 Å². The third-order valence-electron chi connectivity index (χ3n) is 13.8. The van der Waals surface area contributed by atoms with E-state index in [0.29, 0.717) is 0 Å². The number of benzene rings is 8. The summed E-state index contributed by atoms with van der Waals surface area (Å²) in [6, 6.07) is 37.3. The van der Waals surface area contributed by atoms with Gasteiger partial charge in [-0.25, -0.2) is 0 Å². The first-order chi connectivity index (χ1) is 27.8. The van der Waals surface area contributed by atoms with Crippen LogP contribution < -0.4 is 0 Å². The molecule has 0 aliphatic rings. The van der Waals surface area contributed by atoms with Crippen molar-refractivity contribution < 1.29 is 0 Å². The van der Waals surface area contributed by atoms with Gasteiger partial charge in [-0.05, 0) is 19.3 Å². The lowest BCUT2D eigenvalue weighted by molar-refractivity contribution is 0.665. The first-order valence-electron chi connectivity index (χ1n) is 21.2. The fourth-order valence-corrected chi connectivity index (χ4v) is 11.6. The monoisotopic (exact) mass is 724 g/mol. The molecule has 0 amide bonds.